The van der Waals surface area contributed by atoms with Crippen molar-refractivity contribution >= 4 is 34.4 Å². The summed E-state index contributed by atoms with van der Waals surface area (Å²) in [5.41, 5.74) is 8.89. The highest BCUT2D eigenvalue weighted by molar-refractivity contribution is 7.99. The molecule has 0 atom stereocenters. The van der Waals surface area contributed by atoms with Gasteiger partial charge in [0.1, 0.15) is 5.52 Å². The molecule has 0 N–H and O–H groups in total. The number of aromatic nitrogens is 3. The van der Waals surface area contributed by atoms with Crippen molar-refractivity contribution in [2.75, 3.05) is 17.2 Å². The van der Waals surface area contributed by atoms with Gasteiger partial charge in [-0.1, -0.05) is 47.7 Å². The highest BCUT2D eigenvalue weighted by atomic mass is 32.2. The van der Waals surface area contributed by atoms with Crippen LogP contribution in [0.2, 0.25) is 0 Å². The number of hydrogen-bond donors (Lipinski definition) is 0. The molecular weight excluding hydrogens is 416 g/mol. The molecule has 5 rings (SSSR count). The van der Waals surface area contributed by atoms with Gasteiger partial charge in [-0.15, -0.1) is 0 Å². The van der Waals surface area contributed by atoms with Gasteiger partial charge in [-0.3, -0.25) is 14.3 Å². The Kier molecular flexibility index (Phi) is 5.47. The molecule has 0 saturated heterocycles. The molecule has 1 aliphatic heterocycles. The zero-order valence-electron chi connectivity index (χ0n) is 18.6. The molecule has 4 aromatic rings. The van der Waals surface area contributed by atoms with E-state index in [0.717, 1.165) is 47.0 Å². The lowest BCUT2D eigenvalue weighted by atomic mass is 10.0. The van der Waals surface area contributed by atoms with Crippen molar-refractivity contribution in [2.24, 2.45) is 0 Å². The summed E-state index contributed by atoms with van der Waals surface area (Å²) in [6.07, 6.45) is 5.61. The van der Waals surface area contributed by atoms with Crippen molar-refractivity contribution in [3.63, 3.8) is 0 Å². The van der Waals surface area contributed by atoms with Gasteiger partial charge in [-0.05, 0) is 62.4 Å². The number of rotatable bonds is 4. The molecule has 32 heavy (non-hydrogen) atoms. The van der Waals surface area contributed by atoms with Crippen LogP contribution in [-0.2, 0) is 11.2 Å². The summed E-state index contributed by atoms with van der Waals surface area (Å²) in [6.45, 7) is 7.15. The number of carbonyl (C=O) groups excluding carboxylic acids is 1. The minimum Gasteiger partial charge on any atom is -0.311 e. The first-order chi connectivity index (χ1) is 15.5. The van der Waals surface area contributed by atoms with Gasteiger partial charge >= 0.3 is 0 Å². The first-order valence-corrected chi connectivity index (χ1v) is 11.9. The van der Waals surface area contributed by atoms with Crippen LogP contribution >= 0.6 is 11.8 Å². The van der Waals surface area contributed by atoms with E-state index in [1.807, 2.05) is 23.1 Å². The summed E-state index contributed by atoms with van der Waals surface area (Å²) in [5, 5.41) is 0.821. The normalized spacial score (nSPS) is 13.4. The van der Waals surface area contributed by atoms with E-state index >= 15 is 0 Å². The molecule has 0 aliphatic carbocycles. The molecule has 0 fully saturated rings. The van der Waals surface area contributed by atoms with Gasteiger partial charge in [-0.2, -0.15) is 0 Å². The van der Waals surface area contributed by atoms with Crippen LogP contribution in [0.3, 0.4) is 0 Å². The molecule has 6 heteroatoms. The van der Waals surface area contributed by atoms with E-state index in [2.05, 4.69) is 54.6 Å². The lowest BCUT2D eigenvalue weighted by Gasteiger charge is -2.29. The van der Waals surface area contributed by atoms with Crippen LogP contribution in [0.4, 0.5) is 5.69 Å². The van der Waals surface area contributed by atoms with Crippen molar-refractivity contribution in [2.45, 2.75) is 38.8 Å². The maximum Gasteiger partial charge on any atom is 0.237 e. The van der Waals surface area contributed by atoms with Crippen LogP contribution in [0.5, 0.6) is 0 Å². The maximum atomic E-state index is 13.2. The summed E-state index contributed by atoms with van der Waals surface area (Å²) in [6, 6.07) is 14.6. The van der Waals surface area contributed by atoms with Crippen LogP contribution in [-0.4, -0.2) is 32.7 Å². The van der Waals surface area contributed by atoms with Crippen molar-refractivity contribution in [3.05, 3.63) is 77.1 Å². The Morgan fingerprint density at radius 1 is 1.09 bits per heavy atom. The van der Waals surface area contributed by atoms with E-state index < -0.39 is 0 Å². The second kappa shape index (κ2) is 8.43. The number of hydrogen-bond acceptors (Lipinski definition) is 4. The number of thioether (sulfide) groups is 1. The summed E-state index contributed by atoms with van der Waals surface area (Å²) in [7, 11) is 0. The number of imidazole rings is 1. The summed E-state index contributed by atoms with van der Waals surface area (Å²) >= 11 is 1.50. The highest BCUT2D eigenvalue weighted by Gasteiger charge is 2.24. The zero-order chi connectivity index (χ0) is 22.2. The smallest absolute Gasteiger partial charge is 0.237 e. The van der Waals surface area contributed by atoms with Gasteiger partial charge in [0.05, 0.1) is 23.2 Å². The Balaban J connectivity index is 1.50. The number of pyridine rings is 1. The molecule has 0 unspecified atom stereocenters. The van der Waals surface area contributed by atoms with Crippen LogP contribution in [0.25, 0.3) is 16.7 Å². The van der Waals surface area contributed by atoms with Gasteiger partial charge in [0.25, 0.3) is 0 Å². The molecule has 2 aromatic heterocycles. The summed E-state index contributed by atoms with van der Waals surface area (Å²) in [4.78, 5) is 24.3. The Morgan fingerprint density at radius 3 is 2.69 bits per heavy atom. The molecule has 0 radical (unpaired) electrons. The fourth-order valence-corrected chi connectivity index (χ4v) is 5.64. The number of benzene rings is 2. The number of carbonyl (C=O) groups is 1. The third kappa shape index (κ3) is 3.69. The highest BCUT2D eigenvalue weighted by Crippen LogP contribution is 2.33. The average Bonchev–Trinajstić information content (AvgIpc) is 3.14. The molecule has 2 aromatic carbocycles. The van der Waals surface area contributed by atoms with E-state index in [1.165, 1.54) is 34.0 Å². The first kappa shape index (κ1) is 20.8. The monoisotopic (exact) mass is 442 g/mol. The summed E-state index contributed by atoms with van der Waals surface area (Å²) < 4.78 is 2.18. The zero-order valence-corrected chi connectivity index (χ0v) is 19.4. The van der Waals surface area contributed by atoms with Crippen LogP contribution < -0.4 is 4.90 Å². The van der Waals surface area contributed by atoms with E-state index in [9.17, 15) is 4.79 Å². The van der Waals surface area contributed by atoms with Crippen molar-refractivity contribution in [1.29, 1.82) is 0 Å². The van der Waals surface area contributed by atoms with E-state index in [-0.39, 0.29) is 5.91 Å². The lowest BCUT2D eigenvalue weighted by molar-refractivity contribution is -0.116. The van der Waals surface area contributed by atoms with Gasteiger partial charge in [0.15, 0.2) is 5.16 Å². The predicted octanol–water partition coefficient (Wildman–Crippen LogP) is 5.42. The minimum absolute atomic E-state index is 0.122. The molecule has 162 valence electrons. The SMILES string of the molecule is Cc1cc(C)c(-n2c(SCC(=O)N3CCCc4ccccc43)nc3cnccc32)c(C)c1. The molecule has 1 amide bonds. The Morgan fingerprint density at radius 2 is 1.88 bits per heavy atom. The molecule has 0 bridgehead atoms. The van der Waals surface area contributed by atoms with Crippen LogP contribution in [0.15, 0.2) is 60.0 Å². The number of fused-ring (bicyclic) bond motifs is 2. The Hall–Kier alpha value is -3.12. The average molecular weight is 443 g/mol. The number of aryl methyl sites for hydroxylation is 4. The number of nitrogens with zero attached hydrogens (tertiary/aromatic N) is 4. The predicted molar refractivity (Wildman–Crippen MR) is 131 cm³/mol. The quantitative estimate of drug-likeness (QED) is 0.396. The van der Waals surface area contributed by atoms with Gasteiger partial charge in [-0.25, -0.2) is 4.98 Å². The second-order valence-corrected chi connectivity index (χ2v) is 9.35. The van der Waals surface area contributed by atoms with Crippen molar-refractivity contribution in [1.82, 2.24) is 14.5 Å². The topological polar surface area (TPSA) is 51.0 Å². The number of para-hydroxylation sites is 1. The molecule has 0 saturated carbocycles. The number of anilines is 1. The summed E-state index contributed by atoms with van der Waals surface area (Å²) in [5.74, 6) is 0.464. The Bertz CT molecular complexity index is 1300. The number of amides is 1. The maximum absolute atomic E-state index is 13.2. The fraction of sp³-hybridized carbons (Fsp3) is 0.269. The van der Waals surface area contributed by atoms with Crippen molar-refractivity contribution < 1.29 is 4.79 Å². The molecular formula is C26H26N4OS. The van der Waals surface area contributed by atoms with Gasteiger partial charge in [0.2, 0.25) is 5.91 Å². The first-order valence-electron chi connectivity index (χ1n) is 10.9. The standard InChI is InChI=1S/C26H26N4OS/c1-17-13-18(2)25(19(3)14-17)30-23-10-11-27-15-21(23)28-26(30)32-16-24(31)29-12-6-8-20-7-4-5-9-22(20)29/h4-5,7,9-11,13-15H,6,8,12,16H2,1-3H3. The second-order valence-electron chi connectivity index (χ2n) is 8.41. The molecule has 3 heterocycles. The van der Waals surface area contributed by atoms with Crippen LogP contribution in [0, 0.1) is 20.8 Å². The van der Waals surface area contributed by atoms with Gasteiger partial charge in [0, 0.05) is 18.4 Å². The van der Waals surface area contributed by atoms with Crippen LogP contribution in [0.1, 0.15) is 28.7 Å². The Labute approximate surface area is 192 Å². The third-order valence-electron chi connectivity index (χ3n) is 6.02. The van der Waals surface area contributed by atoms with E-state index in [1.54, 1.807) is 12.4 Å². The molecule has 0 spiro atoms. The molecule has 5 nitrogen and oxygen atoms in total. The van der Waals surface area contributed by atoms with E-state index in [0.29, 0.717) is 5.75 Å². The van der Waals surface area contributed by atoms with Gasteiger partial charge < -0.3 is 4.90 Å². The third-order valence-corrected chi connectivity index (χ3v) is 6.94. The molecule has 1 aliphatic rings. The minimum atomic E-state index is 0.122. The lowest BCUT2D eigenvalue weighted by Crippen LogP contribution is -2.36. The van der Waals surface area contributed by atoms with E-state index in [4.69, 9.17) is 4.98 Å². The van der Waals surface area contributed by atoms with Crippen molar-refractivity contribution in [3.8, 4) is 5.69 Å². The largest absolute Gasteiger partial charge is 0.311 e. The fourth-order valence-electron chi connectivity index (χ4n) is 4.75.